The molecule has 4 aromatic rings. The summed E-state index contributed by atoms with van der Waals surface area (Å²) < 4.78 is 0. The zero-order valence-corrected chi connectivity index (χ0v) is 16.4. The molecule has 0 saturated heterocycles. The van der Waals surface area contributed by atoms with E-state index in [1.165, 1.54) is 16.7 Å². The molecule has 0 spiro atoms. The summed E-state index contributed by atoms with van der Waals surface area (Å²) in [7, 11) is 0. The minimum atomic E-state index is 0.729. The maximum Gasteiger partial charge on any atom is 0.143 e. The summed E-state index contributed by atoms with van der Waals surface area (Å²) in [6.45, 7) is 6.29. The molecule has 0 saturated carbocycles. The Kier molecular flexibility index (Phi) is 4.39. The van der Waals surface area contributed by atoms with E-state index in [1.54, 1.807) is 17.7 Å². The molecule has 26 heavy (non-hydrogen) atoms. The van der Waals surface area contributed by atoms with Crippen LogP contribution in [0.1, 0.15) is 16.7 Å². The number of halogens is 1. The molecule has 2 aromatic carbocycles. The van der Waals surface area contributed by atoms with Gasteiger partial charge >= 0.3 is 0 Å². The maximum absolute atomic E-state index is 6.08. The summed E-state index contributed by atoms with van der Waals surface area (Å²) in [6, 6.07) is 12.3. The number of anilines is 2. The zero-order valence-electron chi connectivity index (χ0n) is 14.8. The lowest BCUT2D eigenvalue weighted by Gasteiger charge is -2.12. The Labute approximate surface area is 161 Å². The van der Waals surface area contributed by atoms with Crippen molar-refractivity contribution in [1.29, 1.82) is 0 Å². The Morgan fingerprint density at radius 2 is 1.77 bits per heavy atom. The molecule has 0 unspecified atom stereocenters. The van der Waals surface area contributed by atoms with Crippen LogP contribution in [0.25, 0.3) is 21.3 Å². The minimum Gasteiger partial charge on any atom is -0.339 e. The van der Waals surface area contributed by atoms with Crippen molar-refractivity contribution in [2.45, 2.75) is 20.8 Å². The van der Waals surface area contributed by atoms with Crippen molar-refractivity contribution in [3.63, 3.8) is 0 Å². The lowest BCUT2D eigenvalue weighted by Crippen LogP contribution is -1.97. The predicted octanol–water partition coefficient (Wildman–Crippen LogP) is 6.68. The predicted molar refractivity (Wildman–Crippen MR) is 112 cm³/mol. The van der Waals surface area contributed by atoms with Gasteiger partial charge in [0.05, 0.1) is 5.39 Å². The van der Waals surface area contributed by atoms with Gasteiger partial charge < -0.3 is 5.32 Å². The van der Waals surface area contributed by atoms with E-state index in [-0.39, 0.29) is 0 Å². The molecule has 3 nitrogen and oxygen atoms in total. The second kappa shape index (κ2) is 6.71. The number of benzene rings is 2. The zero-order chi connectivity index (χ0) is 18.3. The molecule has 0 amide bonds. The lowest BCUT2D eigenvalue weighted by atomic mass is 9.99. The first-order valence-electron chi connectivity index (χ1n) is 8.36. The molecule has 4 rings (SSSR count). The number of hydrogen-bond donors (Lipinski definition) is 1. The van der Waals surface area contributed by atoms with Crippen LogP contribution in [0.2, 0.25) is 5.02 Å². The Balaban J connectivity index is 1.87. The number of hydrogen-bond acceptors (Lipinski definition) is 4. The molecule has 5 heteroatoms. The van der Waals surface area contributed by atoms with Gasteiger partial charge in [0.2, 0.25) is 0 Å². The van der Waals surface area contributed by atoms with Crippen LogP contribution in [0, 0.1) is 20.8 Å². The molecule has 0 fully saturated rings. The van der Waals surface area contributed by atoms with E-state index in [0.29, 0.717) is 0 Å². The van der Waals surface area contributed by atoms with E-state index in [4.69, 9.17) is 11.6 Å². The number of aromatic nitrogens is 2. The van der Waals surface area contributed by atoms with Gasteiger partial charge in [-0.2, -0.15) is 0 Å². The van der Waals surface area contributed by atoms with E-state index < -0.39 is 0 Å². The standard InChI is InChI=1S/C21H18ClN3S/c1-12-4-6-16(13(2)8-12)17-10-26-21-19(17)20(23-11-24-21)25-18-7-5-15(22)9-14(18)3/h4-11H,1-3H3,(H,23,24,25). The molecule has 2 aromatic heterocycles. The van der Waals surface area contributed by atoms with Crippen molar-refractivity contribution in [1.82, 2.24) is 9.97 Å². The fourth-order valence-electron chi connectivity index (χ4n) is 3.18. The molecule has 0 bridgehead atoms. The first-order valence-corrected chi connectivity index (χ1v) is 9.61. The van der Waals surface area contributed by atoms with Gasteiger partial charge in [-0.05, 0) is 55.7 Å². The lowest BCUT2D eigenvalue weighted by molar-refractivity contribution is 1.23. The van der Waals surface area contributed by atoms with Gasteiger partial charge in [-0.25, -0.2) is 9.97 Å². The molecule has 1 N–H and O–H groups in total. The smallest absolute Gasteiger partial charge is 0.143 e. The molecule has 0 aliphatic heterocycles. The number of rotatable bonds is 3. The third kappa shape index (κ3) is 3.06. The van der Waals surface area contributed by atoms with Crippen LogP contribution >= 0.6 is 22.9 Å². The monoisotopic (exact) mass is 379 g/mol. The fraction of sp³-hybridized carbons (Fsp3) is 0.143. The number of fused-ring (bicyclic) bond motifs is 1. The highest BCUT2D eigenvalue weighted by atomic mass is 35.5. The van der Waals surface area contributed by atoms with Crippen molar-refractivity contribution in [3.8, 4) is 11.1 Å². The molecule has 0 atom stereocenters. The second-order valence-electron chi connectivity index (χ2n) is 6.45. The Hall–Kier alpha value is -2.43. The van der Waals surface area contributed by atoms with Crippen LogP contribution < -0.4 is 5.32 Å². The van der Waals surface area contributed by atoms with Gasteiger partial charge in [0.25, 0.3) is 0 Å². The second-order valence-corrected chi connectivity index (χ2v) is 7.75. The highest BCUT2D eigenvalue weighted by molar-refractivity contribution is 7.17. The topological polar surface area (TPSA) is 37.8 Å². The highest BCUT2D eigenvalue weighted by Crippen LogP contribution is 2.39. The van der Waals surface area contributed by atoms with Gasteiger partial charge in [0.1, 0.15) is 17.0 Å². The van der Waals surface area contributed by atoms with E-state index in [2.05, 4.69) is 52.7 Å². The molecule has 0 aliphatic carbocycles. The summed E-state index contributed by atoms with van der Waals surface area (Å²) >= 11 is 7.72. The Bertz CT molecular complexity index is 1120. The van der Waals surface area contributed by atoms with Crippen molar-refractivity contribution in [2.24, 2.45) is 0 Å². The molecular weight excluding hydrogens is 362 g/mol. The van der Waals surface area contributed by atoms with Gasteiger partial charge in [0.15, 0.2) is 0 Å². The van der Waals surface area contributed by atoms with E-state index in [9.17, 15) is 0 Å². The van der Waals surface area contributed by atoms with Crippen molar-refractivity contribution in [2.75, 3.05) is 5.32 Å². The first kappa shape index (κ1) is 17.0. The SMILES string of the molecule is Cc1ccc(-c2csc3ncnc(Nc4ccc(Cl)cc4C)c23)c(C)c1. The van der Waals surface area contributed by atoms with Crippen LogP contribution in [0.4, 0.5) is 11.5 Å². The summed E-state index contributed by atoms with van der Waals surface area (Å²) in [4.78, 5) is 9.96. The number of nitrogens with one attached hydrogen (secondary N) is 1. The number of nitrogens with zero attached hydrogens (tertiary/aromatic N) is 2. The quantitative estimate of drug-likeness (QED) is 0.431. The fourth-order valence-corrected chi connectivity index (χ4v) is 4.31. The van der Waals surface area contributed by atoms with Gasteiger partial charge in [-0.15, -0.1) is 11.3 Å². The van der Waals surface area contributed by atoms with Crippen molar-refractivity contribution in [3.05, 3.63) is 69.8 Å². The average Bonchev–Trinajstić information content (AvgIpc) is 3.02. The summed E-state index contributed by atoms with van der Waals surface area (Å²) in [5.74, 6) is 0.816. The van der Waals surface area contributed by atoms with Crippen LogP contribution in [0.15, 0.2) is 48.1 Å². The normalized spacial score (nSPS) is 11.1. The summed E-state index contributed by atoms with van der Waals surface area (Å²) in [5.41, 5.74) is 6.96. The summed E-state index contributed by atoms with van der Waals surface area (Å²) in [5, 5.41) is 7.41. The average molecular weight is 380 g/mol. The van der Waals surface area contributed by atoms with Crippen molar-refractivity contribution < 1.29 is 0 Å². The van der Waals surface area contributed by atoms with E-state index in [0.717, 1.165) is 37.9 Å². The first-order chi connectivity index (χ1) is 12.5. The molecule has 2 heterocycles. The highest BCUT2D eigenvalue weighted by Gasteiger charge is 2.15. The van der Waals surface area contributed by atoms with E-state index in [1.807, 2.05) is 25.1 Å². The summed E-state index contributed by atoms with van der Waals surface area (Å²) in [6.07, 6.45) is 1.61. The van der Waals surface area contributed by atoms with Gasteiger partial charge in [-0.3, -0.25) is 0 Å². The molecular formula is C21H18ClN3S. The van der Waals surface area contributed by atoms with E-state index >= 15 is 0 Å². The van der Waals surface area contributed by atoms with Crippen LogP contribution in [0.3, 0.4) is 0 Å². The Morgan fingerprint density at radius 1 is 0.923 bits per heavy atom. The third-order valence-corrected chi connectivity index (χ3v) is 5.61. The van der Waals surface area contributed by atoms with Crippen LogP contribution in [-0.4, -0.2) is 9.97 Å². The molecule has 130 valence electrons. The third-order valence-electron chi connectivity index (χ3n) is 4.48. The van der Waals surface area contributed by atoms with Crippen LogP contribution in [0.5, 0.6) is 0 Å². The van der Waals surface area contributed by atoms with Crippen LogP contribution in [-0.2, 0) is 0 Å². The largest absolute Gasteiger partial charge is 0.339 e. The molecule has 0 aliphatic rings. The molecule has 0 radical (unpaired) electrons. The maximum atomic E-state index is 6.08. The van der Waals surface area contributed by atoms with Crippen molar-refractivity contribution >= 4 is 44.7 Å². The number of aryl methyl sites for hydroxylation is 3. The van der Waals surface area contributed by atoms with Gasteiger partial charge in [0, 0.05) is 21.7 Å². The Morgan fingerprint density at radius 3 is 2.54 bits per heavy atom. The number of thiophene rings is 1. The van der Waals surface area contributed by atoms with Gasteiger partial charge in [-0.1, -0.05) is 35.4 Å². The minimum absolute atomic E-state index is 0.729.